The van der Waals surface area contributed by atoms with E-state index in [1.54, 1.807) is 0 Å². The number of aromatic nitrogens is 6. The minimum atomic E-state index is -1.37. The van der Waals surface area contributed by atoms with E-state index in [1.807, 2.05) is 50.4 Å². The molecule has 353 valence electrons. The van der Waals surface area contributed by atoms with Crippen LogP contribution < -0.4 is 5.19 Å². The Hall–Kier alpha value is -6.12. The first-order valence-electron chi connectivity index (χ1n) is 23.9. The van der Waals surface area contributed by atoms with Crippen molar-refractivity contribution in [3.8, 4) is 39.5 Å². The summed E-state index contributed by atoms with van der Waals surface area (Å²) in [5.41, 5.74) is 16.4. The number of aryl methyl sites for hydroxylation is 3. The molecule has 10 rings (SSSR count). The summed E-state index contributed by atoms with van der Waals surface area (Å²) in [5, 5.41) is 5.84. The molecule has 1 radical (unpaired) electrons. The molecule has 0 fully saturated rings. The Labute approximate surface area is 422 Å². The van der Waals surface area contributed by atoms with E-state index in [0.717, 1.165) is 68.1 Å². The van der Waals surface area contributed by atoms with Gasteiger partial charge in [-0.05, 0) is 141 Å². The Kier molecular flexibility index (Phi) is 13.8. The topological polar surface area (TPSA) is 82.5 Å². The van der Waals surface area contributed by atoms with E-state index >= 15 is 0 Å². The van der Waals surface area contributed by atoms with E-state index in [9.17, 15) is 0 Å². The van der Waals surface area contributed by atoms with E-state index in [2.05, 4.69) is 171 Å². The maximum atomic E-state index is 6.53. The van der Waals surface area contributed by atoms with Gasteiger partial charge in [-0.2, -0.15) is 0 Å². The second-order valence-electron chi connectivity index (χ2n) is 21.2. The van der Waals surface area contributed by atoms with Crippen molar-refractivity contribution in [1.82, 2.24) is 29.5 Å². The molecule has 6 aromatic heterocycles. The first kappa shape index (κ1) is 49.3. The van der Waals surface area contributed by atoms with E-state index < -0.39 is 8.07 Å². The SMILES string of the molecule is CC(C)(C)Cc1cc(-c2[c-]cccc2)ncc1[Si](C)(C)C.Cc1ccc2c(n1)oc1c(-c3nc4ccnc(C)c4n3-c3c(C(C)C)cc(-c4ccc5ccccc5c4)cc3C(C)C)[c-]nc(C)c12.[Ir]. The van der Waals surface area contributed by atoms with Crippen molar-refractivity contribution >= 4 is 57.1 Å². The number of benzene rings is 4. The number of hydrogen-bond donors (Lipinski definition) is 0. The van der Waals surface area contributed by atoms with Crippen molar-refractivity contribution in [1.29, 1.82) is 0 Å². The van der Waals surface area contributed by atoms with E-state index in [0.29, 0.717) is 16.9 Å². The van der Waals surface area contributed by atoms with Gasteiger partial charge in [-0.1, -0.05) is 123 Å². The zero-order valence-corrected chi connectivity index (χ0v) is 45.7. The van der Waals surface area contributed by atoms with Crippen LogP contribution in [0, 0.1) is 38.4 Å². The summed E-state index contributed by atoms with van der Waals surface area (Å²) < 4.78 is 8.83. The summed E-state index contributed by atoms with van der Waals surface area (Å²) in [7, 11) is -1.37. The number of hydrogen-bond acceptors (Lipinski definition) is 6. The molecule has 7 nitrogen and oxygen atoms in total. The molecule has 0 saturated heterocycles. The Bertz CT molecular complexity index is 3470. The maximum absolute atomic E-state index is 6.53. The summed E-state index contributed by atoms with van der Waals surface area (Å²) >= 11 is 0. The standard InChI is InChI=1S/C41H36N5O.C19H26NSi.Ir/c1-22(2)32-19-30(29-14-13-27-10-8-9-11-28(27)18-29)20-33(23(3)4)38(32)46-37-26(7)42-17-16-35(37)45-40(46)34-21-43-25(6)36-31-15-12-24(5)44-41(31)47-39(34)36;1-19(2,3)13-16-12-17(15-10-8-7-9-11-15)20-14-18(16)21(4,5)6;/h8-20,22-23H,1-7H3;7-10,12,14H,13H2,1-6H3;/q2*-1;. The molecule has 0 unspecified atom stereocenters. The minimum Gasteiger partial charge on any atom is -0.486 e. The van der Waals surface area contributed by atoms with E-state index in [-0.39, 0.29) is 37.4 Å². The van der Waals surface area contributed by atoms with Crippen molar-refractivity contribution in [3.63, 3.8) is 0 Å². The molecule has 4 aromatic carbocycles. The van der Waals surface area contributed by atoms with Gasteiger partial charge in [-0.25, -0.2) is 4.98 Å². The third-order valence-electron chi connectivity index (χ3n) is 12.8. The van der Waals surface area contributed by atoms with Crippen molar-refractivity contribution in [3.05, 3.63) is 162 Å². The van der Waals surface area contributed by atoms with Crippen LogP contribution in [0.15, 0.2) is 120 Å². The van der Waals surface area contributed by atoms with Crippen LogP contribution >= 0.6 is 0 Å². The molecule has 0 aliphatic carbocycles. The van der Waals surface area contributed by atoms with Crippen LogP contribution in [0.1, 0.15) is 94.1 Å². The predicted octanol–water partition coefficient (Wildman–Crippen LogP) is 15.2. The molecular formula is C60H62IrN6OSi-2. The van der Waals surface area contributed by atoms with Gasteiger partial charge in [0.25, 0.3) is 0 Å². The van der Waals surface area contributed by atoms with Gasteiger partial charge >= 0.3 is 0 Å². The van der Waals surface area contributed by atoms with Crippen LogP contribution in [0.3, 0.4) is 0 Å². The Morgan fingerprint density at radius 3 is 2.12 bits per heavy atom. The van der Waals surface area contributed by atoms with Crippen LogP contribution in [0.2, 0.25) is 19.6 Å². The number of fused-ring (bicyclic) bond motifs is 5. The number of nitrogens with zero attached hydrogens (tertiary/aromatic N) is 6. The number of pyridine rings is 4. The van der Waals surface area contributed by atoms with Crippen molar-refractivity contribution in [2.45, 2.75) is 107 Å². The van der Waals surface area contributed by atoms with Crippen LogP contribution in [0.5, 0.6) is 0 Å². The van der Waals surface area contributed by atoms with Gasteiger partial charge in [-0.15, -0.1) is 35.9 Å². The smallest absolute Gasteiger partial charge is 0.216 e. The van der Waals surface area contributed by atoms with Gasteiger partial charge in [0.2, 0.25) is 5.71 Å². The molecule has 10 aromatic rings. The number of rotatable bonds is 8. The largest absolute Gasteiger partial charge is 0.486 e. The average Bonchev–Trinajstić information content (AvgIpc) is 3.88. The first-order valence-corrected chi connectivity index (χ1v) is 27.4. The van der Waals surface area contributed by atoms with Crippen LogP contribution in [-0.4, -0.2) is 37.6 Å². The molecule has 6 heterocycles. The molecule has 0 bridgehead atoms. The number of furan rings is 1. The van der Waals surface area contributed by atoms with Gasteiger partial charge in [0.15, 0.2) is 0 Å². The molecule has 0 spiro atoms. The summed E-state index contributed by atoms with van der Waals surface area (Å²) in [6, 6.07) is 39.7. The minimum absolute atomic E-state index is 0. The molecular weight excluding hydrogens is 1040 g/mol. The molecule has 0 atom stereocenters. The summed E-state index contributed by atoms with van der Waals surface area (Å²) in [5.74, 6) is 1.18. The maximum Gasteiger partial charge on any atom is 0.216 e. The van der Waals surface area contributed by atoms with Gasteiger partial charge in [0, 0.05) is 49.3 Å². The zero-order valence-electron chi connectivity index (χ0n) is 42.3. The molecule has 0 saturated carbocycles. The average molecular weight is 1100 g/mol. The van der Waals surface area contributed by atoms with Gasteiger partial charge in [0.05, 0.1) is 36.2 Å². The molecule has 0 aliphatic rings. The Morgan fingerprint density at radius 2 is 1.45 bits per heavy atom. The van der Waals surface area contributed by atoms with Crippen molar-refractivity contribution in [2.24, 2.45) is 5.41 Å². The fourth-order valence-electron chi connectivity index (χ4n) is 9.52. The third-order valence-corrected chi connectivity index (χ3v) is 14.9. The molecule has 0 amide bonds. The number of imidazole rings is 1. The summed E-state index contributed by atoms with van der Waals surface area (Å²) in [6.07, 6.45) is 8.37. The van der Waals surface area contributed by atoms with Gasteiger partial charge < -0.3 is 19.0 Å². The summed E-state index contributed by atoms with van der Waals surface area (Å²) in [6.45, 7) is 29.2. The monoisotopic (exact) mass is 1100 g/mol. The molecule has 9 heteroatoms. The second kappa shape index (κ2) is 19.3. The Balaban J connectivity index is 0.000000246. The molecule has 0 N–H and O–H groups in total. The van der Waals surface area contributed by atoms with Crippen molar-refractivity contribution in [2.75, 3.05) is 0 Å². The van der Waals surface area contributed by atoms with Gasteiger partial charge in [0.1, 0.15) is 0 Å². The van der Waals surface area contributed by atoms with Gasteiger partial charge in [-0.3, -0.25) is 9.97 Å². The van der Waals surface area contributed by atoms with Crippen molar-refractivity contribution < 1.29 is 24.5 Å². The molecule has 69 heavy (non-hydrogen) atoms. The predicted molar refractivity (Wildman–Crippen MR) is 286 cm³/mol. The zero-order chi connectivity index (χ0) is 48.2. The third kappa shape index (κ3) is 9.88. The quantitative estimate of drug-likeness (QED) is 0.111. The van der Waals surface area contributed by atoms with E-state index in [1.165, 1.54) is 43.8 Å². The Morgan fingerprint density at radius 1 is 0.739 bits per heavy atom. The normalized spacial score (nSPS) is 12.0. The summed E-state index contributed by atoms with van der Waals surface area (Å²) in [4.78, 5) is 24.2. The van der Waals surface area contributed by atoms with Crippen LogP contribution in [-0.2, 0) is 26.5 Å². The fourth-order valence-corrected chi connectivity index (χ4v) is 11.1. The molecule has 0 aliphatic heterocycles. The fraction of sp³-hybridized carbons (Fsp3) is 0.283. The first-order chi connectivity index (χ1) is 32.4. The second-order valence-corrected chi connectivity index (χ2v) is 26.2. The van der Waals surface area contributed by atoms with Crippen LogP contribution in [0.4, 0.5) is 0 Å². The van der Waals surface area contributed by atoms with E-state index in [4.69, 9.17) is 29.3 Å². The van der Waals surface area contributed by atoms with Crippen LogP contribution in [0.25, 0.3) is 83.3 Å².